The van der Waals surface area contributed by atoms with Crippen molar-refractivity contribution in [1.29, 1.82) is 0 Å². The molecule has 1 atom stereocenters. The van der Waals surface area contributed by atoms with E-state index in [4.69, 9.17) is 18.9 Å². The molecule has 2 aliphatic rings. The number of nitrogens with zero attached hydrogens (tertiary/aromatic N) is 1. The van der Waals surface area contributed by atoms with E-state index >= 15 is 0 Å². The van der Waals surface area contributed by atoms with Gasteiger partial charge in [-0.3, -0.25) is 4.90 Å². The number of benzene rings is 1. The van der Waals surface area contributed by atoms with Crippen LogP contribution in [0.1, 0.15) is 43.8 Å². The van der Waals surface area contributed by atoms with E-state index < -0.39 is 0 Å². The first kappa shape index (κ1) is 18.5. The highest BCUT2D eigenvalue weighted by atomic mass is 16.5. The molecule has 1 unspecified atom stereocenters. The highest BCUT2D eigenvalue weighted by Crippen LogP contribution is 2.33. The Bertz CT molecular complexity index is 504. The summed E-state index contributed by atoms with van der Waals surface area (Å²) in [5.74, 6) is 1.52. The number of methoxy groups -OCH3 is 2. The minimum atomic E-state index is 0.0565. The smallest absolute Gasteiger partial charge is 0.161 e. The van der Waals surface area contributed by atoms with Crippen LogP contribution < -0.4 is 9.47 Å². The van der Waals surface area contributed by atoms with Crippen LogP contribution in [-0.4, -0.2) is 58.1 Å². The lowest BCUT2D eigenvalue weighted by Gasteiger charge is -2.33. The van der Waals surface area contributed by atoms with E-state index in [0.29, 0.717) is 6.10 Å². The molecule has 0 N–H and O–H groups in total. The number of hydrogen-bond donors (Lipinski definition) is 0. The van der Waals surface area contributed by atoms with Gasteiger partial charge in [-0.1, -0.05) is 25.3 Å². The summed E-state index contributed by atoms with van der Waals surface area (Å²) in [6.07, 6.45) is 6.67. The Balaban J connectivity index is 1.76. The van der Waals surface area contributed by atoms with Crippen molar-refractivity contribution in [3.05, 3.63) is 23.8 Å². The molecule has 1 aliphatic carbocycles. The molecule has 1 saturated carbocycles. The first-order valence-electron chi connectivity index (χ1n) is 9.47. The van der Waals surface area contributed by atoms with Gasteiger partial charge in [0.15, 0.2) is 11.5 Å². The van der Waals surface area contributed by atoms with Crippen LogP contribution in [0.25, 0.3) is 0 Å². The average molecular weight is 349 g/mol. The predicted octanol–water partition coefficient (Wildman–Crippen LogP) is 3.43. The van der Waals surface area contributed by atoms with E-state index in [1.807, 2.05) is 6.07 Å². The van der Waals surface area contributed by atoms with Gasteiger partial charge in [0.25, 0.3) is 0 Å². The molecule has 0 amide bonds. The van der Waals surface area contributed by atoms with Gasteiger partial charge < -0.3 is 18.9 Å². The second-order valence-corrected chi connectivity index (χ2v) is 6.91. The van der Waals surface area contributed by atoms with Crippen molar-refractivity contribution < 1.29 is 18.9 Å². The summed E-state index contributed by atoms with van der Waals surface area (Å²) in [5.41, 5.74) is 1.16. The van der Waals surface area contributed by atoms with Crippen molar-refractivity contribution in [3.8, 4) is 11.5 Å². The van der Waals surface area contributed by atoms with Gasteiger partial charge in [-0.05, 0) is 30.5 Å². The van der Waals surface area contributed by atoms with Crippen molar-refractivity contribution >= 4 is 0 Å². The van der Waals surface area contributed by atoms with Crippen LogP contribution in [0.5, 0.6) is 11.5 Å². The predicted molar refractivity (Wildman–Crippen MR) is 97.5 cm³/mol. The third-order valence-electron chi connectivity index (χ3n) is 5.22. The molecule has 25 heavy (non-hydrogen) atoms. The molecule has 2 fully saturated rings. The second-order valence-electron chi connectivity index (χ2n) is 6.91. The van der Waals surface area contributed by atoms with Crippen molar-refractivity contribution in [3.63, 3.8) is 0 Å². The van der Waals surface area contributed by atoms with Gasteiger partial charge in [0, 0.05) is 19.6 Å². The maximum Gasteiger partial charge on any atom is 0.161 e. The fourth-order valence-electron chi connectivity index (χ4n) is 3.73. The maximum absolute atomic E-state index is 6.57. The van der Waals surface area contributed by atoms with Crippen LogP contribution in [0.2, 0.25) is 0 Å². The maximum atomic E-state index is 6.57. The van der Waals surface area contributed by atoms with Crippen LogP contribution in [-0.2, 0) is 9.47 Å². The van der Waals surface area contributed by atoms with Crippen molar-refractivity contribution in [2.45, 2.75) is 44.3 Å². The van der Waals surface area contributed by atoms with E-state index in [1.54, 1.807) is 14.2 Å². The van der Waals surface area contributed by atoms with Crippen molar-refractivity contribution in [1.82, 2.24) is 4.90 Å². The molecule has 1 saturated heterocycles. The Morgan fingerprint density at radius 1 is 1.04 bits per heavy atom. The summed E-state index contributed by atoms with van der Waals surface area (Å²) >= 11 is 0. The van der Waals surface area contributed by atoms with E-state index in [1.165, 1.54) is 32.1 Å². The molecule has 5 nitrogen and oxygen atoms in total. The fraction of sp³-hybridized carbons (Fsp3) is 0.700. The summed E-state index contributed by atoms with van der Waals surface area (Å²) in [6.45, 7) is 4.45. The average Bonchev–Trinajstić information content (AvgIpc) is 2.68. The summed E-state index contributed by atoms with van der Waals surface area (Å²) in [7, 11) is 3.35. The SMILES string of the molecule is COc1ccc(C(CN2CCOCC2)OC2CCCCC2)cc1OC. The Morgan fingerprint density at radius 2 is 1.76 bits per heavy atom. The normalized spacial score (nSPS) is 21.0. The molecule has 1 aromatic carbocycles. The Kier molecular flexibility index (Phi) is 6.96. The standard InChI is InChI=1S/C20H31NO4/c1-22-18-9-8-16(14-19(18)23-2)20(15-21-10-12-24-13-11-21)25-17-6-4-3-5-7-17/h8-9,14,17,20H,3-7,10-13,15H2,1-2H3. The van der Waals surface area contributed by atoms with Gasteiger partial charge in [-0.15, -0.1) is 0 Å². The monoisotopic (exact) mass is 349 g/mol. The highest BCUT2D eigenvalue weighted by molar-refractivity contribution is 5.43. The van der Waals surface area contributed by atoms with Crippen LogP contribution in [0, 0.1) is 0 Å². The molecule has 5 heteroatoms. The van der Waals surface area contributed by atoms with Gasteiger partial charge in [0.05, 0.1) is 39.6 Å². The lowest BCUT2D eigenvalue weighted by Crippen LogP contribution is -2.40. The number of ether oxygens (including phenoxy) is 4. The molecular weight excluding hydrogens is 318 g/mol. The van der Waals surface area contributed by atoms with Crippen LogP contribution in [0.3, 0.4) is 0 Å². The van der Waals surface area contributed by atoms with Gasteiger partial charge in [0.2, 0.25) is 0 Å². The van der Waals surface area contributed by atoms with E-state index in [-0.39, 0.29) is 6.10 Å². The van der Waals surface area contributed by atoms with E-state index in [2.05, 4.69) is 17.0 Å². The fourth-order valence-corrected chi connectivity index (χ4v) is 3.73. The molecule has 0 bridgehead atoms. The topological polar surface area (TPSA) is 40.2 Å². The van der Waals surface area contributed by atoms with Crippen molar-refractivity contribution in [2.24, 2.45) is 0 Å². The molecule has 0 spiro atoms. The molecule has 1 aromatic rings. The summed E-state index contributed by atoms with van der Waals surface area (Å²) < 4.78 is 22.9. The lowest BCUT2D eigenvalue weighted by atomic mass is 9.97. The highest BCUT2D eigenvalue weighted by Gasteiger charge is 2.24. The Morgan fingerprint density at radius 3 is 2.44 bits per heavy atom. The Labute approximate surface area is 151 Å². The zero-order chi connectivity index (χ0) is 17.5. The van der Waals surface area contributed by atoms with Gasteiger partial charge in [-0.2, -0.15) is 0 Å². The molecule has 0 radical (unpaired) electrons. The molecule has 140 valence electrons. The zero-order valence-electron chi connectivity index (χ0n) is 15.5. The van der Waals surface area contributed by atoms with Crippen LogP contribution in [0.15, 0.2) is 18.2 Å². The number of morpholine rings is 1. The van der Waals surface area contributed by atoms with Crippen LogP contribution >= 0.6 is 0 Å². The summed E-state index contributed by atoms with van der Waals surface area (Å²) in [6, 6.07) is 6.15. The minimum absolute atomic E-state index is 0.0565. The first-order valence-corrected chi connectivity index (χ1v) is 9.47. The molecule has 1 heterocycles. The largest absolute Gasteiger partial charge is 0.493 e. The van der Waals surface area contributed by atoms with Gasteiger partial charge in [-0.25, -0.2) is 0 Å². The molecule has 3 rings (SSSR count). The first-order chi connectivity index (χ1) is 12.3. The Hall–Kier alpha value is -1.30. The van der Waals surface area contributed by atoms with Gasteiger partial charge >= 0.3 is 0 Å². The zero-order valence-corrected chi connectivity index (χ0v) is 15.5. The molecule has 1 aliphatic heterocycles. The molecular formula is C20H31NO4. The summed E-state index contributed by atoms with van der Waals surface area (Å²) in [4.78, 5) is 2.44. The summed E-state index contributed by atoms with van der Waals surface area (Å²) in [5, 5.41) is 0. The second kappa shape index (κ2) is 9.41. The minimum Gasteiger partial charge on any atom is -0.493 e. The third kappa shape index (κ3) is 5.09. The number of hydrogen-bond acceptors (Lipinski definition) is 5. The lowest BCUT2D eigenvalue weighted by molar-refractivity contribution is -0.0589. The molecule has 0 aromatic heterocycles. The van der Waals surface area contributed by atoms with E-state index in [9.17, 15) is 0 Å². The van der Waals surface area contributed by atoms with E-state index in [0.717, 1.165) is 49.9 Å². The third-order valence-corrected chi connectivity index (χ3v) is 5.22. The van der Waals surface area contributed by atoms with Crippen LogP contribution in [0.4, 0.5) is 0 Å². The quantitative estimate of drug-likeness (QED) is 0.754. The van der Waals surface area contributed by atoms with Crippen molar-refractivity contribution in [2.75, 3.05) is 47.1 Å². The number of rotatable bonds is 7. The van der Waals surface area contributed by atoms with Gasteiger partial charge in [0.1, 0.15) is 0 Å².